The molecule has 0 amide bonds. The first kappa shape index (κ1) is 13.6. The van der Waals surface area contributed by atoms with Crippen LogP contribution in [0, 0.1) is 11.8 Å². The zero-order valence-electron chi connectivity index (χ0n) is 11.0. The van der Waals surface area contributed by atoms with Gasteiger partial charge in [-0.1, -0.05) is 52.0 Å². The van der Waals surface area contributed by atoms with Gasteiger partial charge in [-0.2, -0.15) is 0 Å². The lowest BCUT2D eigenvalue weighted by atomic mass is 9.97. The molecule has 0 aliphatic carbocycles. The summed E-state index contributed by atoms with van der Waals surface area (Å²) in [7, 11) is 0. The van der Waals surface area contributed by atoms with Crippen molar-refractivity contribution in [3.63, 3.8) is 0 Å². The molecule has 0 aliphatic heterocycles. The van der Waals surface area contributed by atoms with Crippen LogP contribution in [0.25, 0.3) is 0 Å². The molecule has 1 aromatic rings. The lowest BCUT2D eigenvalue weighted by Gasteiger charge is -2.06. The molecule has 0 aromatic heterocycles. The van der Waals surface area contributed by atoms with E-state index < -0.39 is 0 Å². The van der Waals surface area contributed by atoms with Crippen molar-refractivity contribution in [1.29, 1.82) is 0 Å². The van der Waals surface area contributed by atoms with E-state index in [1.54, 1.807) is 26.0 Å². The molecular weight excluding hydrogens is 212 g/mol. The van der Waals surface area contributed by atoms with Crippen LogP contribution in [-0.4, -0.2) is 11.6 Å². The third-order valence-electron chi connectivity index (χ3n) is 2.61. The summed E-state index contributed by atoms with van der Waals surface area (Å²) in [4.78, 5) is 23.3. The second-order valence-corrected chi connectivity index (χ2v) is 5.14. The molecule has 0 aliphatic rings. The number of Topliss-reactive ketones (excluding diaryl/α,β-unsaturated/α-hetero) is 2. The molecule has 0 N–H and O–H groups in total. The first-order chi connectivity index (χ1) is 7.91. The molecule has 0 bridgehead atoms. The Hall–Kier alpha value is -1.44. The highest BCUT2D eigenvalue weighted by molar-refractivity contribution is 6.44. The van der Waals surface area contributed by atoms with E-state index in [1.807, 2.05) is 12.1 Å². The van der Waals surface area contributed by atoms with Gasteiger partial charge in [0.15, 0.2) is 0 Å². The number of carbonyl (C=O) groups is 2. The molecule has 17 heavy (non-hydrogen) atoms. The van der Waals surface area contributed by atoms with Crippen molar-refractivity contribution in [2.75, 3.05) is 0 Å². The summed E-state index contributed by atoms with van der Waals surface area (Å²) >= 11 is 0. The van der Waals surface area contributed by atoms with Crippen LogP contribution in [0.15, 0.2) is 24.3 Å². The molecule has 2 nitrogen and oxygen atoms in total. The number of carbonyl (C=O) groups excluding carboxylic acids is 2. The summed E-state index contributed by atoms with van der Waals surface area (Å²) in [6, 6.07) is 7.36. The Morgan fingerprint density at radius 3 is 1.94 bits per heavy atom. The molecule has 1 aromatic carbocycles. The van der Waals surface area contributed by atoms with Gasteiger partial charge in [0.2, 0.25) is 11.6 Å². The van der Waals surface area contributed by atoms with Crippen LogP contribution in [-0.2, 0) is 11.2 Å². The Morgan fingerprint density at radius 1 is 1.00 bits per heavy atom. The first-order valence-corrected chi connectivity index (χ1v) is 6.09. The van der Waals surface area contributed by atoms with E-state index in [9.17, 15) is 9.59 Å². The van der Waals surface area contributed by atoms with Crippen molar-refractivity contribution in [3.05, 3.63) is 35.4 Å². The Morgan fingerprint density at radius 2 is 1.53 bits per heavy atom. The fourth-order valence-corrected chi connectivity index (χ4v) is 1.67. The molecular formula is C15H20O2. The maximum absolute atomic E-state index is 11.8. The Labute approximate surface area is 103 Å². The van der Waals surface area contributed by atoms with Gasteiger partial charge in [-0.05, 0) is 17.9 Å². The van der Waals surface area contributed by atoms with Crippen LogP contribution in [0.2, 0.25) is 0 Å². The van der Waals surface area contributed by atoms with E-state index in [1.165, 1.54) is 5.56 Å². The number of benzene rings is 1. The third-order valence-corrected chi connectivity index (χ3v) is 2.61. The second kappa shape index (κ2) is 5.76. The van der Waals surface area contributed by atoms with Gasteiger partial charge in [0.25, 0.3) is 0 Å². The zero-order valence-corrected chi connectivity index (χ0v) is 11.0. The maximum Gasteiger partial charge on any atom is 0.228 e. The van der Waals surface area contributed by atoms with Gasteiger partial charge in [-0.25, -0.2) is 0 Å². The van der Waals surface area contributed by atoms with Crippen LogP contribution in [0.3, 0.4) is 0 Å². The van der Waals surface area contributed by atoms with Crippen molar-refractivity contribution in [2.45, 2.75) is 34.1 Å². The smallest absolute Gasteiger partial charge is 0.228 e. The predicted octanol–water partition coefficient (Wildman–Crippen LogP) is 3.29. The van der Waals surface area contributed by atoms with Crippen LogP contribution >= 0.6 is 0 Å². The van der Waals surface area contributed by atoms with Crippen LogP contribution in [0.5, 0.6) is 0 Å². The molecule has 2 heteroatoms. The molecule has 0 saturated heterocycles. The lowest BCUT2D eigenvalue weighted by molar-refractivity contribution is -0.117. The van der Waals surface area contributed by atoms with E-state index in [0.29, 0.717) is 11.5 Å². The Kier molecular flexibility index (Phi) is 4.62. The van der Waals surface area contributed by atoms with E-state index in [2.05, 4.69) is 13.8 Å². The number of hydrogen-bond acceptors (Lipinski definition) is 2. The van der Waals surface area contributed by atoms with Crippen molar-refractivity contribution < 1.29 is 9.59 Å². The highest BCUT2D eigenvalue weighted by Crippen LogP contribution is 2.11. The number of hydrogen-bond donors (Lipinski definition) is 0. The van der Waals surface area contributed by atoms with E-state index in [0.717, 1.165) is 6.42 Å². The fourth-order valence-electron chi connectivity index (χ4n) is 1.67. The largest absolute Gasteiger partial charge is 0.290 e. The molecule has 0 unspecified atom stereocenters. The molecule has 0 radical (unpaired) electrons. The molecule has 0 spiro atoms. The number of rotatable bonds is 5. The fraction of sp³-hybridized carbons (Fsp3) is 0.467. The zero-order chi connectivity index (χ0) is 13.0. The Bertz CT molecular complexity index is 399. The van der Waals surface area contributed by atoms with Crippen molar-refractivity contribution >= 4 is 11.6 Å². The van der Waals surface area contributed by atoms with Crippen molar-refractivity contribution in [1.82, 2.24) is 0 Å². The quantitative estimate of drug-likeness (QED) is 0.576. The average Bonchev–Trinajstić information content (AvgIpc) is 2.27. The van der Waals surface area contributed by atoms with Crippen LogP contribution < -0.4 is 0 Å². The molecule has 0 heterocycles. The van der Waals surface area contributed by atoms with Gasteiger partial charge in [-0.15, -0.1) is 0 Å². The summed E-state index contributed by atoms with van der Waals surface area (Å²) in [6.07, 6.45) is 0.993. The minimum absolute atomic E-state index is 0.238. The van der Waals surface area contributed by atoms with Gasteiger partial charge in [0.1, 0.15) is 0 Å². The molecule has 92 valence electrons. The summed E-state index contributed by atoms with van der Waals surface area (Å²) in [5.74, 6) is -0.343. The van der Waals surface area contributed by atoms with E-state index in [4.69, 9.17) is 0 Å². The molecule has 0 fully saturated rings. The first-order valence-electron chi connectivity index (χ1n) is 6.09. The summed E-state index contributed by atoms with van der Waals surface area (Å²) < 4.78 is 0. The van der Waals surface area contributed by atoms with Gasteiger partial charge >= 0.3 is 0 Å². The standard InChI is InChI=1S/C15H20O2/c1-10(2)9-12-5-7-13(8-6-12)15(17)14(16)11(3)4/h5-8,10-11H,9H2,1-4H3. The minimum Gasteiger partial charge on any atom is -0.290 e. The topological polar surface area (TPSA) is 34.1 Å². The SMILES string of the molecule is CC(C)Cc1ccc(C(=O)C(=O)C(C)C)cc1. The third kappa shape index (κ3) is 3.81. The normalized spacial score (nSPS) is 10.9. The predicted molar refractivity (Wildman–Crippen MR) is 69.2 cm³/mol. The van der Waals surface area contributed by atoms with Crippen LogP contribution in [0.1, 0.15) is 43.6 Å². The summed E-state index contributed by atoms with van der Waals surface area (Å²) in [5, 5.41) is 0. The van der Waals surface area contributed by atoms with Crippen molar-refractivity contribution in [2.24, 2.45) is 11.8 Å². The molecule has 0 atom stereocenters. The summed E-state index contributed by atoms with van der Waals surface area (Å²) in [6.45, 7) is 7.80. The number of ketones is 2. The minimum atomic E-state index is -0.379. The molecule has 1 rings (SSSR count). The van der Waals surface area contributed by atoms with Crippen molar-refractivity contribution in [3.8, 4) is 0 Å². The molecule has 0 saturated carbocycles. The van der Waals surface area contributed by atoms with Gasteiger partial charge < -0.3 is 0 Å². The maximum atomic E-state index is 11.8. The summed E-state index contributed by atoms with van der Waals surface area (Å²) in [5.41, 5.74) is 1.70. The average molecular weight is 232 g/mol. The van der Waals surface area contributed by atoms with Gasteiger partial charge in [0, 0.05) is 11.5 Å². The van der Waals surface area contributed by atoms with Gasteiger partial charge in [-0.3, -0.25) is 9.59 Å². The Balaban J connectivity index is 2.81. The lowest BCUT2D eigenvalue weighted by Crippen LogP contribution is -2.19. The van der Waals surface area contributed by atoms with Gasteiger partial charge in [0.05, 0.1) is 0 Å². The monoisotopic (exact) mass is 232 g/mol. The second-order valence-electron chi connectivity index (χ2n) is 5.14. The van der Waals surface area contributed by atoms with Crippen LogP contribution in [0.4, 0.5) is 0 Å². The van der Waals surface area contributed by atoms with E-state index in [-0.39, 0.29) is 17.5 Å². The highest BCUT2D eigenvalue weighted by Gasteiger charge is 2.18. The highest BCUT2D eigenvalue weighted by atomic mass is 16.2. The van der Waals surface area contributed by atoms with E-state index >= 15 is 0 Å².